The number of sulfonamides is 1. The largest absolute Gasteiger partial charge is 0.350 e. The molecule has 0 heterocycles. The molecule has 0 saturated carbocycles. The van der Waals surface area contributed by atoms with Gasteiger partial charge in [-0.15, -0.1) is 0 Å². The van der Waals surface area contributed by atoms with Crippen molar-refractivity contribution in [3.63, 3.8) is 0 Å². The molecule has 198 valence electrons. The third kappa shape index (κ3) is 6.96. The van der Waals surface area contributed by atoms with Gasteiger partial charge in [-0.3, -0.25) is 9.59 Å². The molecule has 3 aromatic carbocycles. The van der Waals surface area contributed by atoms with Crippen molar-refractivity contribution in [2.24, 2.45) is 0 Å². The number of hydrogen-bond donors (Lipinski definition) is 1. The minimum atomic E-state index is -3.94. The van der Waals surface area contributed by atoms with Crippen molar-refractivity contribution < 1.29 is 18.0 Å². The number of likely N-dealkylation sites (N-methyl/N-ethyl adjacent to an activating group) is 1. The van der Waals surface area contributed by atoms with E-state index in [1.54, 1.807) is 18.2 Å². The lowest BCUT2D eigenvalue weighted by Gasteiger charge is -2.34. The zero-order chi connectivity index (χ0) is 27.4. The Labute approximate surface area is 220 Å². The Kier molecular flexibility index (Phi) is 8.76. The quantitative estimate of drug-likeness (QED) is 0.448. The fourth-order valence-corrected chi connectivity index (χ4v) is 5.37. The Morgan fingerprint density at radius 2 is 1.57 bits per heavy atom. The van der Waals surface area contributed by atoms with Crippen molar-refractivity contribution in [2.75, 3.05) is 13.6 Å². The first-order valence-corrected chi connectivity index (χ1v) is 13.9. The average molecular weight is 524 g/mol. The summed E-state index contributed by atoms with van der Waals surface area (Å²) in [4.78, 5) is 28.5. The first-order chi connectivity index (χ1) is 17.3. The summed E-state index contributed by atoms with van der Waals surface area (Å²) in [6.07, 6.45) is 0.390. The first-order valence-electron chi connectivity index (χ1n) is 12.4. The zero-order valence-electron chi connectivity index (χ0n) is 22.5. The summed E-state index contributed by atoms with van der Waals surface area (Å²) in [6.45, 7) is 9.26. The average Bonchev–Trinajstić information content (AvgIpc) is 2.83. The van der Waals surface area contributed by atoms with Crippen LogP contribution >= 0.6 is 0 Å². The van der Waals surface area contributed by atoms with E-state index in [2.05, 4.69) is 5.32 Å². The van der Waals surface area contributed by atoms with Crippen LogP contribution in [-0.4, -0.2) is 54.6 Å². The molecule has 2 amide bonds. The van der Waals surface area contributed by atoms with Crippen LogP contribution in [0.2, 0.25) is 0 Å². The fourth-order valence-electron chi connectivity index (χ4n) is 4.22. The van der Waals surface area contributed by atoms with Gasteiger partial charge in [0.05, 0.1) is 11.4 Å². The smallest absolute Gasteiger partial charge is 0.243 e. The number of nitrogens with zero attached hydrogens (tertiary/aromatic N) is 2. The highest BCUT2D eigenvalue weighted by molar-refractivity contribution is 7.89. The van der Waals surface area contributed by atoms with Gasteiger partial charge in [0.25, 0.3) is 0 Å². The molecule has 0 radical (unpaired) electrons. The van der Waals surface area contributed by atoms with Crippen molar-refractivity contribution in [2.45, 2.75) is 64.1 Å². The molecule has 0 spiro atoms. The fraction of sp³-hybridized carbons (Fsp3) is 0.379. The Morgan fingerprint density at radius 3 is 2.19 bits per heavy atom. The van der Waals surface area contributed by atoms with E-state index in [1.807, 2.05) is 83.1 Å². The lowest BCUT2D eigenvalue weighted by molar-refractivity contribution is -0.142. The van der Waals surface area contributed by atoms with E-state index in [0.717, 1.165) is 26.2 Å². The standard InChI is InChI=1S/C29H37N3O4S/c1-7-26(28(34)30-29(3,4)5)32(19-24-15-9-8-12-21(24)2)27(33)20-31(6)37(35,36)25-17-16-22-13-10-11-14-23(22)18-25/h8-18,26H,7,19-20H2,1-6H3,(H,30,34). The van der Waals surface area contributed by atoms with Gasteiger partial charge in [0.15, 0.2) is 0 Å². The third-order valence-corrected chi connectivity index (χ3v) is 8.07. The maximum atomic E-state index is 13.7. The highest BCUT2D eigenvalue weighted by Crippen LogP contribution is 2.22. The molecule has 0 aliphatic carbocycles. The zero-order valence-corrected chi connectivity index (χ0v) is 23.3. The van der Waals surface area contributed by atoms with Gasteiger partial charge >= 0.3 is 0 Å². The number of aryl methyl sites for hydroxylation is 1. The summed E-state index contributed by atoms with van der Waals surface area (Å²) >= 11 is 0. The van der Waals surface area contributed by atoms with Crippen LogP contribution in [0.1, 0.15) is 45.2 Å². The minimum absolute atomic E-state index is 0.115. The van der Waals surface area contributed by atoms with E-state index < -0.39 is 27.5 Å². The molecule has 3 aromatic rings. The van der Waals surface area contributed by atoms with Crippen molar-refractivity contribution in [1.29, 1.82) is 0 Å². The van der Waals surface area contributed by atoms with Gasteiger partial charge in [-0.25, -0.2) is 8.42 Å². The van der Waals surface area contributed by atoms with Crippen LogP contribution in [0.3, 0.4) is 0 Å². The number of nitrogens with one attached hydrogen (secondary N) is 1. The molecular formula is C29H37N3O4S. The molecule has 0 fully saturated rings. The van der Waals surface area contributed by atoms with Crippen LogP contribution in [0, 0.1) is 6.92 Å². The molecular weight excluding hydrogens is 486 g/mol. The van der Waals surface area contributed by atoms with Crippen LogP contribution in [0.5, 0.6) is 0 Å². The molecule has 0 aliphatic heterocycles. The SMILES string of the molecule is CCC(C(=O)NC(C)(C)C)N(Cc1ccccc1C)C(=O)CN(C)S(=O)(=O)c1ccc2ccccc2c1. The van der Waals surface area contributed by atoms with Crippen molar-refractivity contribution in [3.8, 4) is 0 Å². The number of hydrogen-bond acceptors (Lipinski definition) is 4. The molecule has 0 bridgehead atoms. The number of carbonyl (C=O) groups excluding carboxylic acids is 2. The topological polar surface area (TPSA) is 86.8 Å². The van der Waals surface area contributed by atoms with E-state index in [9.17, 15) is 18.0 Å². The number of amides is 2. The van der Waals surface area contributed by atoms with Crippen LogP contribution in [-0.2, 0) is 26.2 Å². The Balaban J connectivity index is 1.91. The Hall–Kier alpha value is -3.23. The molecule has 0 aliphatic rings. The maximum absolute atomic E-state index is 13.7. The van der Waals surface area contributed by atoms with E-state index in [4.69, 9.17) is 0 Å². The third-order valence-electron chi connectivity index (χ3n) is 6.27. The predicted octanol–water partition coefficient (Wildman–Crippen LogP) is 4.49. The van der Waals surface area contributed by atoms with Gasteiger partial charge in [-0.05, 0) is 68.1 Å². The van der Waals surface area contributed by atoms with Crippen LogP contribution in [0.15, 0.2) is 71.6 Å². The highest BCUT2D eigenvalue weighted by Gasteiger charge is 2.33. The summed E-state index contributed by atoms with van der Waals surface area (Å²) in [5, 5.41) is 4.70. The predicted molar refractivity (Wildman–Crippen MR) is 147 cm³/mol. The van der Waals surface area contributed by atoms with Gasteiger partial charge in [0, 0.05) is 19.1 Å². The molecule has 0 aromatic heterocycles. The molecule has 37 heavy (non-hydrogen) atoms. The van der Waals surface area contributed by atoms with Crippen LogP contribution < -0.4 is 5.32 Å². The van der Waals surface area contributed by atoms with E-state index in [0.29, 0.717) is 6.42 Å². The highest BCUT2D eigenvalue weighted by atomic mass is 32.2. The van der Waals surface area contributed by atoms with E-state index in [1.165, 1.54) is 11.9 Å². The maximum Gasteiger partial charge on any atom is 0.243 e. The molecule has 3 rings (SSSR count). The molecule has 0 saturated heterocycles. The van der Waals surface area contributed by atoms with Gasteiger partial charge in [0.1, 0.15) is 6.04 Å². The second-order valence-electron chi connectivity index (χ2n) is 10.4. The minimum Gasteiger partial charge on any atom is -0.350 e. The van der Waals surface area contributed by atoms with Crippen molar-refractivity contribution in [3.05, 3.63) is 77.9 Å². The first kappa shape index (κ1) is 28.3. The molecule has 1 unspecified atom stereocenters. The van der Waals surface area contributed by atoms with E-state index >= 15 is 0 Å². The number of rotatable bonds is 9. The second-order valence-corrected chi connectivity index (χ2v) is 12.4. The summed E-state index contributed by atoms with van der Waals surface area (Å²) in [5.74, 6) is -0.706. The van der Waals surface area contributed by atoms with Gasteiger partial charge in [-0.2, -0.15) is 4.31 Å². The Bertz CT molecular complexity index is 1380. The normalized spacial score (nSPS) is 12.9. The molecule has 1 atom stereocenters. The molecule has 8 heteroatoms. The summed E-state index contributed by atoms with van der Waals surface area (Å²) < 4.78 is 27.8. The van der Waals surface area contributed by atoms with Gasteiger partial charge < -0.3 is 10.2 Å². The monoisotopic (exact) mass is 523 g/mol. The lowest BCUT2D eigenvalue weighted by atomic mass is 10.0. The van der Waals surface area contributed by atoms with Crippen molar-refractivity contribution in [1.82, 2.24) is 14.5 Å². The number of fused-ring (bicyclic) bond motifs is 1. The molecule has 1 N–H and O–H groups in total. The van der Waals surface area contributed by atoms with Crippen molar-refractivity contribution >= 4 is 32.6 Å². The number of carbonyl (C=O) groups is 2. The number of benzene rings is 3. The Morgan fingerprint density at radius 1 is 0.946 bits per heavy atom. The second kappa shape index (κ2) is 11.4. The summed E-state index contributed by atoms with van der Waals surface area (Å²) in [7, 11) is -2.54. The lowest BCUT2D eigenvalue weighted by Crippen LogP contribution is -2.55. The summed E-state index contributed by atoms with van der Waals surface area (Å²) in [6, 6.07) is 19.3. The van der Waals surface area contributed by atoms with Gasteiger partial charge in [-0.1, -0.05) is 61.5 Å². The van der Waals surface area contributed by atoms with Crippen LogP contribution in [0.25, 0.3) is 10.8 Å². The van der Waals surface area contributed by atoms with E-state index in [-0.39, 0.29) is 23.9 Å². The van der Waals surface area contributed by atoms with Gasteiger partial charge in [0.2, 0.25) is 21.8 Å². The summed E-state index contributed by atoms with van der Waals surface area (Å²) in [5.41, 5.74) is 1.42. The van der Waals surface area contributed by atoms with Crippen LogP contribution in [0.4, 0.5) is 0 Å². The molecule has 7 nitrogen and oxygen atoms in total.